The van der Waals surface area contributed by atoms with Crippen LogP contribution in [0.15, 0.2) is 12.2 Å². The molecule has 10 nitrogen and oxygen atoms in total. The topological polar surface area (TPSA) is 156 Å². The van der Waals surface area contributed by atoms with Crippen molar-refractivity contribution in [2.24, 2.45) is 5.41 Å². The minimum absolute atomic E-state index is 0. The summed E-state index contributed by atoms with van der Waals surface area (Å²) in [5.41, 5.74) is -1.45. The molecule has 1 aliphatic heterocycles. The summed E-state index contributed by atoms with van der Waals surface area (Å²) >= 11 is 0. The minimum atomic E-state index is -5.14. The van der Waals surface area contributed by atoms with Crippen LogP contribution in [0.5, 0.6) is 0 Å². The molecular weight excluding hydrogens is 603 g/mol. The van der Waals surface area contributed by atoms with Crippen LogP contribution in [0.3, 0.4) is 0 Å². The maximum Gasteiger partial charge on any atom is 1.00 e. The SMILES string of the molecule is CCCCCCCC/C=C\CCCCCCCCCCCC(=O)OCC1(CO)COC(=O)CC(S(=O)(=O)[O-])C(=O)OC1.[K+]. The van der Waals surface area contributed by atoms with Gasteiger partial charge in [-0.25, -0.2) is 8.42 Å². The van der Waals surface area contributed by atoms with Gasteiger partial charge >= 0.3 is 69.3 Å². The minimum Gasteiger partial charge on any atom is -0.747 e. The summed E-state index contributed by atoms with van der Waals surface area (Å²) in [6.45, 7) is 0.143. The molecule has 1 N–H and O–H groups in total. The fourth-order valence-electron chi connectivity index (χ4n) is 4.68. The predicted octanol–water partition coefficient (Wildman–Crippen LogP) is 2.51. The molecule has 1 aliphatic rings. The van der Waals surface area contributed by atoms with E-state index in [4.69, 9.17) is 14.2 Å². The Morgan fingerprint density at radius 1 is 0.884 bits per heavy atom. The number of aliphatic hydroxyl groups excluding tert-OH is 1. The first kappa shape index (κ1) is 42.7. The molecule has 1 fully saturated rings. The Kier molecular flexibility index (Phi) is 25.6. The van der Waals surface area contributed by atoms with Crippen molar-refractivity contribution in [1.82, 2.24) is 0 Å². The molecule has 1 rings (SSSR count). The van der Waals surface area contributed by atoms with Crippen LogP contribution in [0.1, 0.15) is 129 Å². The molecule has 0 aromatic carbocycles. The second-order valence-corrected chi connectivity index (χ2v) is 13.1. The molecule has 0 bridgehead atoms. The molecular formula is C31H53KO10S. The Bertz CT molecular complexity index is 908. The zero-order valence-corrected chi connectivity index (χ0v) is 30.5. The van der Waals surface area contributed by atoms with Gasteiger partial charge in [0.1, 0.15) is 29.9 Å². The van der Waals surface area contributed by atoms with E-state index in [0.717, 1.165) is 19.3 Å². The number of carbonyl (C=O) groups is 3. The smallest absolute Gasteiger partial charge is 0.747 e. The van der Waals surface area contributed by atoms with Crippen LogP contribution in [-0.2, 0) is 38.7 Å². The fourth-order valence-corrected chi connectivity index (χ4v) is 5.32. The Morgan fingerprint density at radius 3 is 1.88 bits per heavy atom. The van der Waals surface area contributed by atoms with E-state index in [0.29, 0.717) is 6.42 Å². The molecule has 0 spiro atoms. The number of esters is 3. The number of unbranched alkanes of at least 4 members (excludes halogenated alkanes) is 15. The van der Waals surface area contributed by atoms with E-state index in [-0.39, 0.29) is 57.8 Å². The first-order valence-corrected chi connectivity index (χ1v) is 17.3. The zero-order valence-electron chi connectivity index (χ0n) is 26.5. The summed E-state index contributed by atoms with van der Waals surface area (Å²) in [4.78, 5) is 36.2. The van der Waals surface area contributed by atoms with Crippen molar-refractivity contribution in [2.45, 2.75) is 134 Å². The number of hydrogen-bond donors (Lipinski definition) is 1. The second-order valence-electron chi connectivity index (χ2n) is 11.5. The Balaban J connectivity index is 0.0000176. The third-order valence-electron chi connectivity index (χ3n) is 7.54. The quantitative estimate of drug-likeness (QED) is 0.0433. The zero-order chi connectivity index (χ0) is 31.1. The van der Waals surface area contributed by atoms with Crippen molar-refractivity contribution in [3.63, 3.8) is 0 Å². The average Bonchev–Trinajstić information content (AvgIpc) is 3.02. The van der Waals surface area contributed by atoms with Crippen LogP contribution in [0.25, 0.3) is 0 Å². The van der Waals surface area contributed by atoms with Gasteiger partial charge in [0.15, 0.2) is 5.25 Å². The van der Waals surface area contributed by atoms with E-state index >= 15 is 0 Å². The summed E-state index contributed by atoms with van der Waals surface area (Å²) in [6, 6.07) is 0. The van der Waals surface area contributed by atoms with Crippen LogP contribution >= 0.6 is 0 Å². The van der Waals surface area contributed by atoms with Gasteiger partial charge in [0, 0.05) is 6.42 Å². The summed E-state index contributed by atoms with van der Waals surface area (Å²) < 4.78 is 48.9. The molecule has 1 saturated heterocycles. The van der Waals surface area contributed by atoms with E-state index < -0.39 is 71.5 Å². The molecule has 2 unspecified atom stereocenters. The van der Waals surface area contributed by atoms with Gasteiger partial charge in [0.2, 0.25) is 0 Å². The van der Waals surface area contributed by atoms with Gasteiger partial charge in [0.05, 0.1) is 18.4 Å². The van der Waals surface area contributed by atoms with Crippen molar-refractivity contribution in [3.05, 3.63) is 12.2 Å². The third-order valence-corrected chi connectivity index (χ3v) is 8.60. The van der Waals surface area contributed by atoms with Crippen LogP contribution in [-0.4, -0.2) is 67.7 Å². The monoisotopic (exact) mass is 656 g/mol. The Labute approximate surface area is 301 Å². The van der Waals surface area contributed by atoms with Gasteiger partial charge in [0.25, 0.3) is 0 Å². The molecule has 244 valence electrons. The molecule has 1 heterocycles. The Hall–Kier alpha value is -0.344. The number of aliphatic hydroxyl groups is 1. The summed E-state index contributed by atoms with van der Waals surface area (Å²) in [6.07, 6.45) is 24.2. The summed E-state index contributed by atoms with van der Waals surface area (Å²) in [5, 5.41) is 7.62. The van der Waals surface area contributed by atoms with E-state index in [2.05, 4.69) is 19.1 Å². The summed E-state index contributed by atoms with van der Waals surface area (Å²) in [7, 11) is -5.14. The number of allylic oxidation sites excluding steroid dienone is 2. The molecule has 0 amide bonds. The number of ether oxygens (including phenoxy) is 3. The van der Waals surface area contributed by atoms with Crippen molar-refractivity contribution < 1.29 is 98.1 Å². The third kappa shape index (κ3) is 21.1. The average molecular weight is 657 g/mol. The number of rotatable bonds is 23. The normalized spacial score (nSPS) is 19.6. The first-order valence-electron chi connectivity index (χ1n) is 15.8. The predicted molar refractivity (Wildman–Crippen MR) is 158 cm³/mol. The summed E-state index contributed by atoms with van der Waals surface area (Å²) in [5.74, 6) is -3.01. The van der Waals surface area contributed by atoms with Crippen LogP contribution < -0.4 is 51.4 Å². The molecule has 0 aromatic heterocycles. The van der Waals surface area contributed by atoms with Crippen molar-refractivity contribution in [3.8, 4) is 0 Å². The molecule has 0 aromatic rings. The first-order chi connectivity index (χ1) is 20.1. The maximum absolute atomic E-state index is 12.2. The number of carbonyl (C=O) groups excluding carboxylic acids is 3. The molecule has 2 atom stereocenters. The van der Waals surface area contributed by atoms with Gasteiger partial charge < -0.3 is 23.9 Å². The molecule has 0 aliphatic carbocycles. The van der Waals surface area contributed by atoms with Crippen LogP contribution in [0, 0.1) is 5.41 Å². The fraction of sp³-hybridized carbons (Fsp3) is 0.839. The second kappa shape index (κ2) is 25.8. The molecule has 43 heavy (non-hydrogen) atoms. The van der Waals surface area contributed by atoms with Crippen LogP contribution in [0.4, 0.5) is 0 Å². The van der Waals surface area contributed by atoms with E-state index in [1.54, 1.807) is 0 Å². The van der Waals surface area contributed by atoms with Gasteiger partial charge in [-0.15, -0.1) is 0 Å². The maximum atomic E-state index is 12.2. The van der Waals surface area contributed by atoms with Gasteiger partial charge in [-0.2, -0.15) is 0 Å². The molecule has 12 heteroatoms. The Morgan fingerprint density at radius 2 is 1.37 bits per heavy atom. The largest absolute Gasteiger partial charge is 1.00 e. The van der Waals surface area contributed by atoms with Crippen molar-refractivity contribution in [1.29, 1.82) is 0 Å². The molecule has 0 radical (unpaired) electrons. The standard InChI is InChI=1S/C31H54O10S.K/c1-2-3-4-5-6-7-8-9-10-11-12-13-14-15-16-17-18-19-20-21-28(33)39-24-31(23-32)25-40-29(34)22-27(42(36,37)38)30(35)41-26-31;/h9-10,27,32H,2-8,11-26H2,1H3,(H,36,37,38);/q;+1/p-1/b10-9-;. The van der Waals surface area contributed by atoms with E-state index in [1.165, 1.54) is 83.5 Å². The number of cyclic esters (lactones) is 2. The van der Waals surface area contributed by atoms with E-state index in [1.807, 2.05) is 0 Å². The van der Waals surface area contributed by atoms with E-state index in [9.17, 15) is 32.5 Å². The van der Waals surface area contributed by atoms with Crippen molar-refractivity contribution >= 4 is 28.0 Å². The van der Waals surface area contributed by atoms with Gasteiger partial charge in [-0.05, 0) is 32.1 Å². The van der Waals surface area contributed by atoms with Crippen molar-refractivity contribution in [2.75, 3.05) is 26.4 Å². The van der Waals surface area contributed by atoms with Gasteiger partial charge in [-0.3, -0.25) is 14.4 Å². The number of hydrogen-bond acceptors (Lipinski definition) is 10. The molecule has 0 saturated carbocycles. The van der Waals surface area contributed by atoms with Crippen LogP contribution in [0.2, 0.25) is 0 Å². The van der Waals surface area contributed by atoms with Gasteiger partial charge in [-0.1, -0.05) is 96.1 Å².